The highest BCUT2D eigenvalue weighted by Gasteiger charge is 2.47. The third-order valence-corrected chi connectivity index (χ3v) is 8.15. The fourth-order valence-electron chi connectivity index (χ4n) is 7.44. The summed E-state index contributed by atoms with van der Waals surface area (Å²) in [6.07, 6.45) is 10.3. The second-order valence-electron chi connectivity index (χ2n) is 13.0. The van der Waals surface area contributed by atoms with E-state index in [1.165, 1.54) is 51.4 Å². The van der Waals surface area contributed by atoms with Crippen LogP contribution in [-0.2, 0) is 0 Å². The lowest BCUT2D eigenvalue weighted by molar-refractivity contribution is 0.0388. The van der Waals surface area contributed by atoms with Crippen molar-refractivity contribution in [1.82, 2.24) is 5.32 Å². The van der Waals surface area contributed by atoms with Gasteiger partial charge in [-0.25, -0.2) is 0 Å². The van der Waals surface area contributed by atoms with Gasteiger partial charge in [0.05, 0.1) is 0 Å². The van der Waals surface area contributed by atoms with E-state index in [1.54, 1.807) is 0 Å². The van der Waals surface area contributed by atoms with Crippen molar-refractivity contribution in [2.75, 3.05) is 13.1 Å². The Morgan fingerprint density at radius 3 is 2.11 bits per heavy atom. The van der Waals surface area contributed by atoms with Crippen molar-refractivity contribution in [1.29, 1.82) is 0 Å². The molecule has 3 fully saturated rings. The molecule has 0 radical (unpaired) electrons. The second-order valence-corrected chi connectivity index (χ2v) is 13.0. The Balaban J connectivity index is 1.61. The molecule has 0 aliphatic heterocycles. The maximum Gasteiger partial charge on any atom is 0.00780 e. The lowest BCUT2D eigenvalue weighted by atomic mass is 9.59. The molecule has 27 heavy (non-hydrogen) atoms. The first-order chi connectivity index (χ1) is 12.4. The summed E-state index contributed by atoms with van der Waals surface area (Å²) >= 11 is 0. The van der Waals surface area contributed by atoms with Gasteiger partial charge in [0.25, 0.3) is 0 Å². The van der Waals surface area contributed by atoms with Crippen molar-refractivity contribution >= 4 is 0 Å². The molecule has 3 nitrogen and oxygen atoms in total. The summed E-state index contributed by atoms with van der Waals surface area (Å²) in [5.41, 5.74) is 14.2. The molecular formula is C24H47N3. The summed E-state index contributed by atoms with van der Waals surface area (Å²) in [6.45, 7) is 16.5. The second kappa shape index (κ2) is 7.29. The van der Waals surface area contributed by atoms with Crippen molar-refractivity contribution in [3.8, 4) is 0 Å². The van der Waals surface area contributed by atoms with E-state index in [1.807, 2.05) is 0 Å². The van der Waals surface area contributed by atoms with Gasteiger partial charge in [0.15, 0.2) is 0 Å². The van der Waals surface area contributed by atoms with Gasteiger partial charge in [-0.2, -0.15) is 0 Å². The van der Waals surface area contributed by atoms with Crippen LogP contribution in [0.2, 0.25) is 0 Å². The molecule has 0 spiro atoms. The molecule has 0 heterocycles. The molecule has 3 saturated carbocycles. The average molecular weight is 378 g/mol. The molecule has 0 aromatic heterocycles. The minimum atomic E-state index is 0.278. The number of nitrogens with two attached hydrogens (primary N) is 2. The van der Waals surface area contributed by atoms with E-state index in [0.29, 0.717) is 28.3 Å². The Morgan fingerprint density at radius 2 is 1.52 bits per heavy atom. The van der Waals surface area contributed by atoms with Crippen LogP contribution in [0.3, 0.4) is 0 Å². The van der Waals surface area contributed by atoms with Crippen molar-refractivity contribution < 1.29 is 0 Å². The minimum Gasteiger partial charge on any atom is -0.330 e. The van der Waals surface area contributed by atoms with Gasteiger partial charge >= 0.3 is 0 Å². The maximum atomic E-state index is 6.59. The normalized spacial score (nSPS) is 49.8. The van der Waals surface area contributed by atoms with E-state index in [4.69, 9.17) is 11.5 Å². The first-order valence-corrected chi connectivity index (χ1v) is 11.5. The fraction of sp³-hybridized carbons (Fsp3) is 1.00. The summed E-state index contributed by atoms with van der Waals surface area (Å²) in [5.74, 6) is 1.91. The number of hydrogen-bond donors (Lipinski definition) is 3. The van der Waals surface area contributed by atoms with Gasteiger partial charge in [0.2, 0.25) is 0 Å². The quantitative estimate of drug-likeness (QED) is 0.629. The molecule has 0 bridgehead atoms. The SMILES string of the molecule is CC1C[C@@H]1CC1(C)CC(N)CC(C)(CNC2CC(C)(C)CC(C)(CN)C2)C1. The first-order valence-electron chi connectivity index (χ1n) is 11.5. The van der Waals surface area contributed by atoms with Crippen LogP contribution in [0.4, 0.5) is 0 Å². The Morgan fingerprint density at radius 1 is 0.889 bits per heavy atom. The molecule has 7 atom stereocenters. The van der Waals surface area contributed by atoms with Gasteiger partial charge in [0, 0.05) is 18.6 Å². The molecule has 3 rings (SSSR count). The van der Waals surface area contributed by atoms with Gasteiger partial charge in [-0.1, -0.05) is 41.5 Å². The summed E-state index contributed by atoms with van der Waals surface area (Å²) in [7, 11) is 0. The lowest BCUT2D eigenvalue weighted by Crippen LogP contribution is -2.52. The summed E-state index contributed by atoms with van der Waals surface area (Å²) in [4.78, 5) is 0. The zero-order valence-corrected chi connectivity index (χ0v) is 19.0. The largest absolute Gasteiger partial charge is 0.330 e. The molecule has 3 aliphatic rings. The van der Waals surface area contributed by atoms with Gasteiger partial charge in [-0.05, 0) is 91.4 Å². The fourth-order valence-corrected chi connectivity index (χ4v) is 7.44. The maximum absolute atomic E-state index is 6.59. The molecule has 3 heteroatoms. The smallest absolute Gasteiger partial charge is 0.00780 e. The zero-order chi connectivity index (χ0) is 20.1. The molecule has 158 valence electrons. The van der Waals surface area contributed by atoms with Gasteiger partial charge in [-0.3, -0.25) is 0 Å². The molecule has 3 aliphatic carbocycles. The molecule has 0 amide bonds. The Bertz CT molecular complexity index is 532. The predicted octanol–water partition coefficient (Wildman–Crippen LogP) is 4.69. The summed E-state index contributed by atoms with van der Waals surface area (Å²) in [5, 5.41) is 4.00. The molecule has 0 aromatic rings. The van der Waals surface area contributed by atoms with Crippen molar-refractivity contribution in [3.63, 3.8) is 0 Å². The van der Waals surface area contributed by atoms with Crippen molar-refractivity contribution in [2.24, 2.45) is 45.0 Å². The van der Waals surface area contributed by atoms with E-state index in [-0.39, 0.29) is 5.41 Å². The summed E-state index contributed by atoms with van der Waals surface area (Å²) in [6, 6.07) is 0.952. The Labute approximate surface area is 168 Å². The van der Waals surface area contributed by atoms with Gasteiger partial charge in [-0.15, -0.1) is 0 Å². The van der Waals surface area contributed by atoms with Crippen LogP contribution in [0.1, 0.15) is 92.9 Å². The van der Waals surface area contributed by atoms with Crippen LogP contribution < -0.4 is 16.8 Å². The van der Waals surface area contributed by atoms with Crippen LogP contribution in [-0.4, -0.2) is 25.2 Å². The molecule has 5 N–H and O–H groups in total. The van der Waals surface area contributed by atoms with E-state index >= 15 is 0 Å². The monoisotopic (exact) mass is 377 g/mol. The highest BCUT2D eigenvalue weighted by Crippen LogP contribution is 2.54. The highest BCUT2D eigenvalue weighted by molar-refractivity contribution is 5.01. The van der Waals surface area contributed by atoms with Crippen molar-refractivity contribution in [3.05, 3.63) is 0 Å². The Hall–Kier alpha value is -0.120. The molecule has 0 saturated heterocycles. The predicted molar refractivity (Wildman–Crippen MR) is 117 cm³/mol. The van der Waals surface area contributed by atoms with E-state index in [2.05, 4.69) is 46.9 Å². The summed E-state index contributed by atoms with van der Waals surface area (Å²) < 4.78 is 0. The molecular weight excluding hydrogens is 330 g/mol. The number of hydrogen-bond acceptors (Lipinski definition) is 3. The average Bonchev–Trinajstić information content (AvgIpc) is 3.16. The van der Waals surface area contributed by atoms with E-state index in [9.17, 15) is 0 Å². The third-order valence-electron chi connectivity index (χ3n) is 8.15. The zero-order valence-electron chi connectivity index (χ0n) is 19.0. The van der Waals surface area contributed by atoms with E-state index < -0.39 is 0 Å². The van der Waals surface area contributed by atoms with E-state index in [0.717, 1.165) is 24.9 Å². The van der Waals surface area contributed by atoms with Crippen LogP contribution in [0.15, 0.2) is 0 Å². The van der Waals surface area contributed by atoms with Crippen LogP contribution in [0.5, 0.6) is 0 Å². The highest BCUT2D eigenvalue weighted by atomic mass is 14.9. The minimum absolute atomic E-state index is 0.278. The van der Waals surface area contributed by atoms with Gasteiger partial charge in [0.1, 0.15) is 0 Å². The number of rotatable bonds is 6. The number of nitrogens with one attached hydrogen (secondary N) is 1. The topological polar surface area (TPSA) is 64.1 Å². The molecule has 6 unspecified atom stereocenters. The standard InChI is InChI=1S/C24H47N3/c1-17-7-18(17)8-22(4)9-19(26)10-24(6,14-22)16-27-20-11-21(2,3)13-23(5,12-20)15-25/h17-20,27H,7-16,25-26H2,1-6H3/t17?,18-,19?,20?,22?,23?,24?/m1/s1. The lowest BCUT2D eigenvalue weighted by Gasteiger charge is -2.50. The first kappa shape index (κ1) is 21.6. The Kier molecular flexibility index (Phi) is 5.83. The van der Waals surface area contributed by atoms with Crippen LogP contribution >= 0.6 is 0 Å². The third kappa shape index (κ3) is 5.48. The van der Waals surface area contributed by atoms with Crippen LogP contribution in [0, 0.1) is 33.5 Å². The van der Waals surface area contributed by atoms with Gasteiger partial charge < -0.3 is 16.8 Å². The van der Waals surface area contributed by atoms with Crippen LogP contribution in [0.25, 0.3) is 0 Å². The molecule has 0 aromatic carbocycles. The van der Waals surface area contributed by atoms with Crippen molar-refractivity contribution in [2.45, 2.75) is 105 Å².